The third-order valence-electron chi connectivity index (χ3n) is 5.34. The quantitative estimate of drug-likeness (QED) is 0.284. The first kappa shape index (κ1) is 20.4. The lowest BCUT2D eigenvalue weighted by molar-refractivity contribution is 1.11. The van der Waals surface area contributed by atoms with Crippen LogP contribution in [0.25, 0.3) is 49.5 Å². The lowest BCUT2D eigenvalue weighted by Gasteiger charge is -2.02. The summed E-state index contributed by atoms with van der Waals surface area (Å²) in [6.45, 7) is 7.67. The smallest absolute Gasteiger partial charge is 0.135 e. The summed E-state index contributed by atoms with van der Waals surface area (Å²) in [7, 11) is 0. The Kier molecular flexibility index (Phi) is 5.20. The molecule has 0 aliphatic carbocycles. The van der Waals surface area contributed by atoms with Crippen molar-refractivity contribution in [3.8, 4) is 22.0 Å². The van der Waals surface area contributed by atoms with Crippen LogP contribution in [-0.2, 0) is 0 Å². The van der Waals surface area contributed by atoms with E-state index in [1.165, 1.54) is 17.5 Å². The first-order chi connectivity index (χ1) is 15.6. The number of aryl methyl sites for hydroxylation is 1. The van der Waals surface area contributed by atoms with Crippen LogP contribution in [0.15, 0.2) is 60.4 Å². The number of thiophene rings is 1. The van der Waals surface area contributed by atoms with Gasteiger partial charge in [-0.05, 0) is 49.7 Å². The second-order valence-electron chi connectivity index (χ2n) is 7.18. The second-order valence-corrected chi connectivity index (χ2v) is 8.90. The summed E-state index contributed by atoms with van der Waals surface area (Å²) in [4.78, 5) is 18.2. The number of allylic oxidation sites excluding steroid dienone is 2. The summed E-state index contributed by atoms with van der Waals surface area (Å²) in [6, 6.07) is 9.81. The van der Waals surface area contributed by atoms with Crippen molar-refractivity contribution in [1.29, 1.82) is 0 Å². The predicted octanol–water partition coefficient (Wildman–Crippen LogP) is 6.81. The number of nitrogens with one attached hydrogen (secondary N) is 2. The van der Waals surface area contributed by atoms with Gasteiger partial charge in [0.1, 0.15) is 11.2 Å². The summed E-state index contributed by atoms with van der Waals surface area (Å²) in [5.74, 6) is 0. The monoisotopic (exact) mass is 458 g/mol. The topological polar surface area (TPSA) is 82.6 Å². The predicted molar refractivity (Wildman–Crippen MR) is 134 cm³/mol. The van der Waals surface area contributed by atoms with Crippen LogP contribution in [0, 0.1) is 6.92 Å². The van der Waals surface area contributed by atoms with Gasteiger partial charge < -0.3 is 4.98 Å². The Bertz CT molecular complexity index is 1530. The Morgan fingerprint density at radius 3 is 2.78 bits per heavy atom. The molecule has 0 bridgehead atoms. The average molecular weight is 459 g/mol. The first-order valence-corrected chi connectivity index (χ1v) is 11.2. The van der Waals surface area contributed by atoms with Gasteiger partial charge in [-0.3, -0.25) is 15.1 Å². The van der Waals surface area contributed by atoms with E-state index in [4.69, 9.17) is 16.6 Å². The number of rotatable bonds is 5. The van der Waals surface area contributed by atoms with Crippen molar-refractivity contribution in [3.63, 3.8) is 0 Å². The van der Waals surface area contributed by atoms with E-state index < -0.39 is 0 Å². The molecule has 0 saturated heterocycles. The molecule has 2 N–H and O–H groups in total. The molecule has 0 unspecified atom stereocenters. The van der Waals surface area contributed by atoms with Gasteiger partial charge in [0.05, 0.1) is 31.8 Å². The van der Waals surface area contributed by atoms with Crippen molar-refractivity contribution in [3.05, 3.63) is 71.0 Å². The van der Waals surface area contributed by atoms with E-state index in [1.54, 1.807) is 12.4 Å². The van der Waals surface area contributed by atoms with Gasteiger partial charge in [0.2, 0.25) is 0 Å². The maximum absolute atomic E-state index is 6.18. The van der Waals surface area contributed by atoms with E-state index >= 15 is 0 Å². The number of aliphatic imine (C=N–C) groups is 1. The van der Waals surface area contributed by atoms with E-state index in [2.05, 4.69) is 38.7 Å². The second kappa shape index (κ2) is 8.18. The number of hydrogen-bond donors (Lipinski definition) is 2. The van der Waals surface area contributed by atoms with E-state index in [1.807, 2.05) is 43.3 Å². The molecule has 5 aromatic rings. The highest BCUT2D eigenvalue weighted by Gasteiger charge is 2.20. The van der Waals surface area contributed by atoms with Gasteiger partial charge in [0.25, 0.3) is 0 Å². The zero-order valence-electron chi connectivity index (χ0n) is 17.5. The number of hydrogen-bond acceptors (Lipinski definition) is 5. The van der Waals surface area contributed by atoms with Crippen LogP contribution in [0.1, 0.15) is 18.2 Å². The molecule has 0 atom stereocenters. The summed E-state index contributed by atoms with van der Waals surface area (Å²) in [5.41, 5.74) is 8.02. The standard InChI is InChI=1S/C24H19ClN6S/c1-4-14(12-26-5-2)15-6-7-17-22(28-15)24(31-30-17)21-13(3)20-16(29-21)10-11-27-23(20)18-8-9-19(25)32-18/h4-12,29H,2H2,1,3H3,(H,30,31)/b14-4+,26-12?. The molecule has 8 heteroatoms. The van der Waals surface area contributed by atoms with Crippen LogP contribution in [0.4, 0.5) is 0 Å². The molecule has 5 aromatic heterocycles. The minimum Gasteiger partial charge on any atom is -0.353 e. The highest BCUT2D eigenvalue weighted by atomic mass is 35.5. The van der Waals surface area contributed by atoms with Gasteiger partial charge in [-0.2, -0.15) is 5.10 Å². The summed E-state index contributed by atoms with van der Waals surface area (Å²) in [5, 5.41) is 8.75. The third-order valence-corrected chi connectivity index (χ3v) is 6.58. The highest BCUT2D eigenvalue weighted by molar-refractivity contribution is 7.19. The summed E-state index contributed by atoms with van der Waals surface area (Å²) >= 11 is 7.70. The van der Waals surface area contributed by atoms with Gasteiger partial charge >= 0.3 is 0 Å². The molecule has 5 heterocycles. The number of aromatic nitrogens is 5. The first-order valence-electron chi connectivity index (χ1n) is 10.00. The fraction of sp³-hybridized carbons (Fsp3) is 0.0833. The minimum absolute atomic E-state index is 0.738. The number of pyridine rings is 2. The number of halogens is 1. The maximum Gasteiger partial charge on any atom is 0.135 e. The van der Waals surface area contributed by atoms with Gasteiger partial charge in [0.15, 0.2) is 0 Å². The van der Waals surface area contributed by atoms with Crippen molar-refractivity contribution < 1.29 is 0 Å². The fourth-order valence-corrected chi connectivity index (χ4v) is 4.87. The molecular formula is C24H19ClN6S. The molecule has 6 nitrogen and oxygen atoms in total. The van der Waals surface area contributed by atoms with Crippen LogP contribution >= 0.6 is 22.9 Å². The SMILES string of the molecule is C=CN=C/C(=C\C)c1ccc2[nH]nc(-c3[nH]c4ccnc(-c5ccc(Cl)s5)c4c3C)c2n1. The van der Waals surface area contributed by atoms with Crippen LogP contribution in [0.3, 0.4) is 0 Å². The van der Waals surface area contributed by atoms with Crippen molar-refractivity contribution in [2.24, 2.45) is 4.99 Å². The maximum atomic E-state index is 6.18. The average Bonchev–Trinajstić information content (AvgIpc) is 3.51. The van der Waals surface area contributed by atoms with E-state index in [9.17, 15) is 0 Å². The van der Waals surface area contributed by atoms with Crippen molar-refractivity contribution in [2.75, 3.05) is 0 Å². The number of aromatic amines is 2. The Hall–Kier alpha value is -3.55. The Morgan fingerprint density at radius 2 is 2.03 bits per heavy atom. The normalized spacial score (nSPS) is 12.4. The largest absolute Gasteiger partial charge is 0.353 e. The van der Waals surface area contributed by atoms with Gasteiger partial charge in [0, 0.05) is 35.1 Å². The van der Waals surface area contributed by atoms with Gasteiger partial charge in [-0.1, -0.05) is 24.3 Å². The van der Waals surface area contributed by atoms with Crippen LogP contribution in [0.2, 0.25) is 4.34 Å². The lowest BCUT2D eigenvalue weighted by Crippen LogP contribution is -1.92. The van der Waals surface area contributed by atoms with E-state index in [-0.39, 0.29) is 0 Å². The molecule has 158 valence electrons. The minimum atomic E-state index is 0.738. The van der Waals surface area contributed by atoms with Crippen LogP contribution in [0.5, 0.6) is 0 Å². The van der Waals surface area contributed by atoms with Crippen molar-refractivity contribution in [1.82, 2.24) is 25.1 Å². The molecule has 0 aliphatic heterocycles. The van der Waals surface area contributed by atoms with Crippen molar-refractivity contribution >= 4 is 56.7 Å². The number of nitrogens with zero attached hydrogens (tertiary/aromatic N) is 4. The van der Waals surface area contributed by atoms with Gasteiger partial charge in [-0.15, -0.1) is 11.3 Å². The summed E-state index contributed by atoms with van der Waals surface area (Å²) < 4.78 is 0.738. The Labute approximate surface area is 193 Å². The molecule has 0 fully saturated rings. The molecule has 0 aliphatic rings. The molecule has 5 rings (SSSR count). The molecule has 0 radical (unpaired) electrons. The number of H-pyrrole nitrogens is 2. The highest BCUT2D eigenvalue weighted by Crippen LogP contribution is 2.39. The van der Waals surface area contributed by atoms with Gasteiger partial charge in [-0.25, -0.2) is 4.98 Å². The molecule has 0 saturated carbocycles. The third kappa shape index (κ3) is 3.36. The number of fused-ring (bicyclic) bond motifs is 2. The molecule has 0 aromatic carbocycles. The zero-order valence-corrected chi connectivity index (χ0v) is 19.1. The van der Waals surface area contributed by atoms with E-state index in [0.29, 0.717) is 0 Å². The van der Waals surface area contributed by atoms with E-state index in [0.717, 1.165) is 65.1 Å². The van der Waals surface area contributed by atoms with Crippen LogP contribution in [-0.4, -0.2) is 31.4 Å². The molecular weight excluding hydrogens is 440 g/mol. The lowest BCUT2D eigenvalue weighted by atomic mass is 10.1. The molecule has 0 amide bonds. The fourth-order valence-electron chi connectivity index (χ4n) is 3.82. The molecule has 32 heavy (non-hydrogen) atoms. The zero-order chi connectivity index (χ0) is 22.2. The van der Waals surface area contributed by atoms with Crippen LogP contribution < -0.4 is 0 Å². The molecule has 0 spiro atoms. The van der Waals surface area contributed by atoms with Crippen molar-refractivity contribution in [2.45, 2.75) is 13.8 Å². The Balaban J connectivity index is 1.70. The summed E-state index contributed by atoms with van der Waals surface area (Å²) in [6.07, 6.45) is 7.03. The Morgan fingerprint density at radius 1 is 1.16 bits per heavy atom.